The molecular formula is C20H17N3O2. The minimum absolute atomic E-state index is 0.111. The van der Waals surface area contributed by atoms with Gasteiger partial charge in [-0.1, -0.05) is 12.1 Å². The molecule has 0 bridgehead atoms. The van der Waals surface area contributed by atoms with Crippen molar-refractivity contribution in [2.45, 2.75) is 13.8 Å². The van der Waals surface area contributed by atoms with Crippen molar-refractivity contribution in [2.24, 2.45) is 0 Å². The first-order valence-corrected chi connectivity index (χ1v) is 8.01. The van der Waals surface area contributed by atoms with Crippen LogP contribution in [0.5, 0.6) is 5.75 Å². The van der Waals surface area contributed by atoms with Crippen LogP contribution >= 0.6 is 0 Å². The zero-order valence-corrected chi connectivity index (χ0v) is 13.9. The third kappa shape index (κ3) is 2.59. The molecule has 3 N–H and O–H groups in total. The van der Waals surface area contributed by atoms with Gasteiger partial charge in [-0.05, 0) is 53.9 Å². The van der Waals surface area contributed by atoms with Crippen LogP contribution in [0.2, 0.25) is 0 Å². The first-order valence-electron chi connectivity index (χ1n) is 8.01. The van der Waals surface area contributed by atoms with E-state index in [2.05, 4.69) is 21.4 Å². The first kappa shape index (κ1) is 15.2. The Balaban J connectivity index is 2.02. The summed E-state index contributed by atoms with van der Waals surface area (Å²) in [7, 11) is 0. The van der Waals surface area contributed by atoms with Gasteiger partial charge >= 0.3 is 0 Å². The van der Waals surface area contributed by atoms with Crippen LogP contribution < -0.4 is 5.32 Å². The summed E-state index contributed by atoms with van der Waals surface area (Å²) in [6, 6.07) is 13.3. The SMILES string of the molecule is CC(=O)Nc1cccc(-c2ccc(O)c3[nH]c4ncc(C)cc4c23)c1. The molecule has 2 heterocycles. The maximum absolute atomic E-state index is 11.3. The number of fused-ring (bicyclic) bond motifs is 3. The van der Waals surface area contributed by atoms with Crippen LogP contribution in [0.1, 0.15) is 12.5 Å². The number of carbonyl (C=O) groups is 1. The number of pyridine rings is 1. The van der Waals surface area contributed by atoms with Crippen LogP contribution in [0.3, 0.4) is 0 Å². The molecule has 4 rings (SSSR count). The van der Waals surface area contributed by atoms with E-state index in [4.69, 9.17) is 0 Å². The second-order valence-corrected chi connectivity index (χ2v) is 6.18. The predicted molar refractivity (Wildman–Crippen MR) is 99.7 cm³/mol. The van der Waals surface area contributed by atoms with Crippen LogP contribution in [0.15, 0.2) is 48.7 Å². The molecule has 0 aliphatic carbocycles. The molecule has 1 amide bonds. The van der Waals surface area contributed by atoms with Crippen molar-refractivity contribution in [3.63, 3.8) is 0 Å². The lowest BCUT2D eigenvalue weighted by atomic mass is 9.98. The third-order valence-corrected chi connectivity index (χ3v) is 4.21. The van der Waals surface area contributed by atoms with Crippen LogP contribution in [0, 0.1) is 6.92 Å². The number of phenolic OH excluding ortho intramolecular Hbond substituents is 1. The van der Waals surface area contributed by atoms with Crippen molar-refractivity contribution >= 4 is 33.5 Å². The maximum Gasteiger partial charge on any atom is 0.221 e. The van der Waals surface area contributed by atoms with Gasteiger partial charge in [-0.25, -0.2) is 4.98 Å². The van der Waals surface area contributed by atoms with Gasteiger partial charge in [0, 0.05) is 29.6 Å². The number of aryl methyl sites for hydroxylation is 1. The Morgan fingerprint density at radius 2 is 2.04 bits per heavy atom. The fourth-order valence-corrected chi connectivity index (χ4v) is 3.18. The number of hydrogen-bond acceptors (Lipinski definition) is 3. The van der Waals surface area contributed by atoms with E-state index in [1.165, 1.54) is 6.92 Å². The molecule has 5 heteroatoms. The quantitative estimate of drug-likeness (QED) is 0.511. The van der Waals surface area contributed by atoms with Gasteiger partial charge in [0.25, 0.3) is 0 Å². The lowest BCUT2D eigenvalue weighted by molar-refractivity contribution is -0.114. The minimum atomic E-state index is -0.111. The Morgan fingerprint density at radius 1 is 1.20 bits per heavy atom. The van der Waals surface area contributed by atoms with Gasteiger partial charge in [-0.2, -0.15) is 0 Å². The van der Waals surface area contributed by atoms with E-state index in [0.717, 1.165) is 38.8 Å². The van der Waals surface area contributed by atoms with Crippen LogP contribution in [-0.2, 0) is 4.79 Å². The smallest absolute Gasteiger partial charge is 0.221 e. The normalized spacial score (nSPS) is 11.1. The first-order chi connectivity index (χ1) is 12.0. The van der Waals surface area contributed by atoms with Gasteiger partial charge in [0.2, 0.25) is 5.91 Å². The van der Waals surface area contributed by atoms with Crippen molar-refractivity contribution in [2.75, 3.05) is 5.32 Å². The summed E-state index contributed by atoms with van der Waals surface area (Å²) in [6.07, 6.45) is 1.80. The highest BCUT2D eigenvalue weighted by atomic mass is 16.3. The van der Waals surface area contributed by atoms with E-state index < -0.39 is 0 Å². The number of aromatic hydroxyl groups is 1. The Kier molecular flexibility index (Phi) is 3.42. The number of aromatic nitrogens is 2. The maximum atomic E-state index is 11.3. The fourth-order valence-electron chi connectivity index (χ4n) is 3.18. The molecule has 2 aromatic carbocycles. The predicted octanol–water partition coefficient (Wildman–Crippen LogP) is 4.36. The van der Waals surface area contributed by atoms with Crippen molar-refractivity contribution in [3.8, 4) is 16.9 Å². The number of aromatic amines is 1. The number of amides is 1. The minimum Gasteiger partial charge on any atom is -0.506 e. The lowest BCUT2D eigenvalue weighted by Crippen LogP contribution is -2.05. The van der Waals surface area contributed by atoms with E-state index in [-0.39, 0.29) is 11.7 Å². The second-order valence-electron chi connectivity index (χ2n) is 6.18. The highest BCUT2D eigenvalue weighted by molar-refractivity contribution is 6.15. The molecule has 2 aromatic heterocycles. The number of nitrogens with zero attached hydrogens (tertiary/aromatic N) is 1. The van der Waals surface area contributed by atoms with E-state index in [1.54, 1.807) is 12.3 Å². The molecule has 0 spiro atoms. The molecule has 0 saturated heterocycles. The monoisotopic (exact) mass is 331 g/mol. The standard InChI is InChI=1S/C20H17N3O2/c1-11-8-16-18-15(13-4-3-5-14(9-13)22-12(2)24)6-7-17(25)19(18)23-20(16)21-10-11/h3-10,25H,1-2H3,(H,21,23)(H,22,24). The van der Waals surface area contributed by atoms with Gasteiger partial charge in [-0.3, -0.25) is 4.79 Å². The number of hydrogen-bond donors (Lipinski definition) is 3. The number of carbonyl (C=O) groups excluding carboxylic acids is 1. The molecule has 0 unspecified atom stereocenters. The Hall–Kier alpha value is -3.34. The van der Waals surface area contributed by atoms with Gasteiger partial charge < -0.3 is 15.4 Å². The zero-order chi connectivity index (χ0) is 17.6. The van der Waals surface area contributed by atoms with Gasteiger partial charge in [0.15, 0.2) is 0 Å². The number of anilines is 1. The molecule has 0 aliphatic rings. The highest BCUT2D eigenvalue weighted by Crippen LogP contribution is 2.38. The highest BCUT2D eigenvalue weighted by Gasteiger charge is 2.14. The molecule has 124 valence electrons. The van der Waals surface area contributed by atoms with Crippen molar-refractivity contribution in [1.29, 1.82) is 0 Å². The third-order valence-electron chi connectivity index (χ3n) is 4.21. The largest absolute Gasteiger partial charge is 0.506 e. The molecule has 25 heavy (non-hydrogen) atoms. The summed E-state index contributed by atoms with van der Waals surface area (Å²) < 4.78 is 0. The molecule has 0 radical (unpaired) electrons. The molecule has 0 fully saturated rings. The van der Waals surface area contributed by atoms with Crippen LogP contribution in [0.4, 0.5) is 5.69 Å². The Labute approximate surface area is 144 Å². The zero-order valence-electron chi connectivity index (χ0n) is 13.9. The summed E-state index contributed by atoms with van der Waals surface area (Å²) >= 11 is 0. The van der Waals surface area contributed by atoms with Gasteiger partial charge in [0.05, 0.1) is 5.52 Å². The molecule has 4 aromatic rings. The van der Waals surface area contributed by atoms with E-state index >= 15 is 0 Å². The average molecular weight is 331 g/mol. The summed E-state index contributed by atoms with van der Waals surface area (Å²) in [4.78, 5) is 19.0. The van der Waals surface area contributed by atoms with Gasteiger partial charge in [-0.15, -0.1) is 0 Å². The van der Waals surface area contributed by atoms with E-state index in [0.29, 0.717) is 5.52 Å². The Bertz CT molecular complexity index is 1130. The number of nitrogens with one attached hydrogen (secondary N) is 2. The molecule has 0 aliphatic heterocycles. The lowest BCUT2D eigenvalue weighted by Gasteiger charge is -2.09. The number of phenols is 1. The van der Waals surface area contributed by atoms with Crippen LogP contribution in [0.25, 0.3) is 33.1 Å². The summed E-state index contributed by atoms with van der Waals surface area (Å²) in [5.41, 5.74) is 5.12. The number of rotatable bonds is 2. The molecule has 0 atom stereocenters. The summed E-state index contributed by atoms with van der Waals surface area (Å²) in [5.74, 6) is 0.0762. The van der Waals surface area contributed by atoms with Crippen molar-refractivity contribution in [1.82, 2.24) is 9.97 Å². The van der Waals surface area contributed by atoms with Crippen LogP contribution in [-0.4, -0.2) is 21.0 Å². The second kappa shape index (κ2) is 5.63. The van der Waals surface area contributed by atoms with E-state index in [1.807, 2.05) is 37.3 Å². The number of H-pyrrole nitrogens is 1. The van der Waals surface area contributed by atoms with E-state index in [9.17, 15) is 9.90 Å². The van der Waals surface area contributed by atoms with Gasteiger partial charge in [0.1, 0.15) is 11.4 Å². The molecule has 5 nitrogen and oxygen atoms in total. The fraction of sp³-hybridized carbons (Fsp3) is 0.100. The molecular weight excluding hydrogens is 314 g/mol. The number of benzene rings is 2. The summed E-state index contributed by atoms with van der Waals surface area (Å²) in [6.45, 7) is 3.48. The Morgan fingerprint density at radius 3 is 2.84 bits per heavy atom. The topological polar surface area (TPSA) is 78.0 Å². The summed E-state index contributed by atoms with van der Waals surface area (Å²) in [5, 5.41) is 15.0. The average Bonchev–Trinajstić information content (AvgIpc) is 2.95. The van der Waals surface area contributed by atoms with Crippen molar-refractivity contribution < 1.29 is 9.90 Å². The van der Waals surface area contributed by atoms with Crippen molar-refractivity contribution in [3.05, 3.63) is 54.2 Å². The molecule has 0 saturated carbocycles.